The summed E-state index contributed by atoms with van der Waals surface area (Å²) in [5.74, 6) is -0.243. The molecule has 1 amide bonds. The summed E-state index contributed by atoms with van der Waals surface area (Å²) >= 11 is 0. The maximum absolute atomic E-state index is 13.1. The van der Waals surface area contributed by atoms with Gasteiger partial charge in [-0.15, -0.1) is 0 Å². The minimum atomic E-state index is -3.61. The molecule has 0 saturated carbocycles. The van der Waals surface area contributed by atoms with E-state index in [4.69, 9.17) is 5.26 Å². The van der Waals surface area contributed by atoms with Crippen molar-refractivity contribution in [1.82, 2.24) is 9.21 Å². The van der Waals surface area contributed by atoms with Crippen molar-refractivity contribution in [2.75, 3.05) is 44.7 Å². The number of anilines is 1. The molecule has 7 nitrogen and oxygen atoms in total. The third-order valence-corrected chi connectivity index (χ3v) is 7.40. The number of carbonyl (C=O) groups is 1. The maximum atomic E-state index is 13.1. The van der Waals surface area contributed by atoms with Crippen molar-refractivity contribution in [1.29, 1.82) is 5.26 Å². The lowest BCUT2D eigenvalue weighted by Crippen LogP contribution is -2.36. The van der Waals surface area contributed by atoms with Gasteiger partial charge in [-0.05, 0) is 43.9 Å². The molecule has 2 aliphatic heterocycles. The van der Waals surface area contributed by atoms with Gasteiger partial charge in [0.15, 0.2) is 0 Å². The molecule has 8 heteroatoms. The Balaban J connectivity index is 1.97. The number of piperidine rings is 1. The zero-order valence-electron chi connectivity index (χ0n) is 16.4. The van der Waals surface area contributed by atoms with Crippen molar-refractivity contribution < 1.29 is 13.2 Å². The predicted molar refractivity (Wildman–Crippen MR) is 108 cm³/mol. The van der Waals surface area contributed by atoms with E-state index in [0.29, 0.717) is 25.2 Å². The van der Waals surface area contributed by atoms with Crippen molar-refractivity contribution in [2.24, 2.45) is 0 Å². The number of carbonyl (C=O) groups excluding carboxylic acids is 1. The lowest BCUT2D eigenvalue weighted by molar-refractivity contribution is 0.0798. The minimum Gasteiger partial charge on any atom is -0.371 e. The summed E-state index contributed by atoms with van der Waals surface area (Å²) in [5.41, 5.74) is 1.18. The SMILES string of the molecule is CN(CCC#N)C(=O)c1cc(S(=O)(=O)N2CCCCC2)ccc1N1CCCC1. The monoisotopic (exact) mass is 404 g/mol. The van der Waals surface area contributed by atoms with Gasteiger partial charge in [0.2, 0.25) is 10.0 Å². The van der Waals surface area contributed by atoms with Crippen molar-refractivity contribution in [3.63, 3.8) is 0 Å². The van der Waals surface area contributed by atoms with E-state index < -0.39 is 10.0 Å². The molecule has 1 aromatic rings. The van der Waals surface area contributed by atoms with Crippen molar-refractivity contribution in [3.8, 4) is 6.07 Å². The fourth-order valence-electron chi connectivity index (χ4n) is 3.86. The number of hydrogen-bond acceptors (Lipinski definition) is 5. The molecule has 0 spiro atoms. The van der Waals surface area contributed by atoms with Crippen molar-refractivity contribution in [3.05, 3.63) is 23.8 Å². The summed E-state index contributed by atoms with van der Waals surface area (Å²) in [5, 5.41) is 8.81. The Hall–Kier alpha value is -2.11. The highest BCUT2D eigenvalue weighted by Crippen LogP contribution is 2.30. The Morgan fingerprint density at radius 2 is 1.75 bits per heavy atom. The second-order valence-electron chi connectivity index (χ2n) is 7.47. The summed E-state index contributed by atoms with van der Waals surface area (Å²) in [6, 6.07) is 6.98. The summed E-state index contributed by atoms with van der Waals surface area (Å²) in [4.78, 5) is 16.9. The highest BCUT2D eigenvalue weighted by atomic mass is 32.2. The maximum Gasteiger partial charge on any atom is 0.255 e. The number of nitrogens with zero attached hydrogens (tertiary/aromatic N) is 4. The average Bonchev–Trinajstić information content (AvgIpc) is 3.26. The summed E-state index contributed by atoms with van der Waals surface area (Å²) in [7, 11) is -1.96. The highest BCUT2D eigenvalue weighted by Gasteiger charge is 2.29. The van der Waals surface area contributed by atoms with E-state index in [1.807, 2.05) is 6.07 Å². The zero-order chi connectivity index (χ0) is 20.1. The van der Waals surface area contributed by atoms with Crippen LogP contribution in [0.25, 0.3) is 0 Å². The molecule has 2 fully saturated rings. The second kappa shape index (κ2) is 8.93. The van der Waals surface area contributed by atoms with Gasteiger partial charge >= 0.3 is 0 Å². The average molecular weight is 405 g/mol. The first-order valence-corrected chi connectivity index (χ1v) is 11.4. The van der Waals surface area contributed by atoms with Gasteiger partial charge in [0.1, 0.15) is 0 Å². The first-order valence-electron chi connectivity index (χ1n) is 9.96. The summed E-state index contributed by atoms with van der Waals surface area (Å²) in [6.07, 6.45) is 5.15. The number of amides is 1. The van der Waals surface area contributed by atoms with Crippen LogP contribution in [0.3, 0.4) is 0 Å². The molecule has 1 aromatic carbocycles. The van der Waals surface area contributed by atoms with Crippen LogP contribution in [0.5, 0.6) is 0 Å². The topological polar surface area (TPSA) is 84.7 Å². The molecular formula is C20H28N4O3S. The first-order chi connectivity index (χ1) is 13.4. The normalized spacial score (nSPS) is 18.1. The van der Waals surface area contributed by atoms with E-state index in [0.717, 1.165) is 50.9 Å². The van der Waals surface area contributed by atoms with Gasteiger partial charge in [-0.25, -0.2) is 8.42 Å². The Kier molecular flexibility index (Phi) is 6.57. The fourth-order valence-corrected chi connectivity index (χ4v) is 5.40. The fraction of sp³-hybridized carbons (Fsp3) is 0.600. The van der Waals surface area contributed by atoms with E-state index in [-0.39, 0.29) is 17.2 Å². The number of hydrogen-bond donors (Lipinski definition) is 0. The smallest absolute Gasteiger partial charge is 0.255 e. The molecule has 0 N–H and O–H groups in total. The molecule has 0 radical (unpaired) electrons. The molecule has 0 bridgehead atoms. The number of benzene rings is 1. The third-order valence-electron chi connectivity index (χ3n) is 5.50. The molecule has 152 valence electrons. The largest absolute Gasteiger partial charge is 0.371 e. The highest BCUT2D eigenvalue weighted by molar-refractivity contribution is 7.89. The molecule has 0 aromatic heterocycles. The van der Waals surface area contributed by atoms with Crippen molar-refractivity contribution >= 4 is 21.6 Å². The van der Waals surface area contributed by atoms with Gasteiger partial charge < -0.3 is 9.80 Å². The van der Waals surface area contributed by atoms with E-state index in [1.165, 1.54) is 15.3 Å². The van der Waals surface area contributed by atoms with Crippen LogP contribution in [-0.2, 0) is 10.0 Å². The van der Waals surface area contributed by atoms with Crippen LogP contribution in [-0.4, -0.2) is 63.3 Å². The first kappa shape index (κ1) is 20.6. The Morgan fingerprint density at radius 1 is 1.11 bits per heavy atom. The molecular weight excluding hydrogens is 376 g/mol. The molecule has 28 heavy (non-hydrogen) atoms. The third kappa shape index (κ3) is 4.31. The van der Waals surface area contributed by atoms with Gasteiger partial charge in [0.25, 0.3) is 5.91 Å². The predicted octanol–water partition coefficient (Wildman–Crippen LogP) is 2.45. The Morgan fingerprint density at radius 3 is 2.39 bits per heavy atom. The lowest BCUT2D eigenvalue weighted by Gasteiger charge is -2.27. The van der Waals surface area contributed by atoms with Crippen LogP contribution in [0.2, 0.25) is 0 Å². The Bertz CT molecular complexity index is 851. The number of rotatable bonds is 6. The van der Waals surface area contributed by atoms with E-state index >= 15 is 0 Å². The minimum absolute atomic E-state index is 0.175. The van der Waals surface area contributed by atoms with Gasteiger partial charge in [0.05, 0.1) is 22.9 Å². The van der Waals surface area contributed by atoms with E-state index in [1.54, 1.807) is 19.2 Å². The summed E-state index contributed by atoms with van der Waals surface area (Å²) in [6.45, 7) is 3.10. The van der Waals surface area contributed by atoms with Crippen LogP contribution in [0.1, 0.15) is 48.9 Å². The van der Waals surface area contributed by atoms with Crippen LogP contribution >= 0.6 is 0 Å². The van der Waals surface area contributed by atoms with Crippen LogP contribution in [0.4, 0.5) is 5.69 Å². The van der Waals surface area contributed by atoms with Gasteiger partial charge in [-0.2, -0.15) is 9.57 Å². The second-order valence-corrected chi connectivity index (χ2v) is 9.41. The molecule has 0 unspecified atom stereocenters. The molecule has 2 heterocycles. The standard InChI is InChI=1S/C20H28N4O3S/c1-22(11-7-10-21)20(25)18-16-17(8-9-19(18)23-12-5-6-13-23)28(26,27)24-14-3-2-4-15-24/h8-9,16H,2-7,11-15H2,1H3. The lowest BCUT2D eigenvalue weighted by atomic mass is 10.1. The summed E-state index contributed by atoms with van der Waals surface area (Å²) < 4.78 is 27.7. The molecule has 0 aliphatic carbocycles. The molecule has 0 atom stereocenters. The Labute approximate surface area is 167 Å². The van der Waals surface area contributed by atoms with E-state index in [9.17, 15) is 13.2 Å². The zero-order valence-corrected chi connectivity index (χ0v) is 17.2. The van der Waals surface area contributed by atoms with Gasteiger partial charge in [-0.1, -0.05) is 6.42 Å². The number of sulfonamides is 1. The van der Waals surface area contributed by atoms with E-state index in [2.05, 4.69) is 4.90 Å². The van der Waals surface area contributed by atoms with Crippen LogP contribution in [0, 0.1) is 11.3 Å². The van der Waals surface area contributed by atoms with Gasteiger partial charge in [-0.3, -0.25) is 4.79 Å². The van der Waals surface area contributed by atoms with Crippen molar-refractivity contribution in [2.45, 2.75) is 43.4 Å². The molecule has 2 saturated heterocycles. The molecule has 3 rings (SSSR count). The molecule has 2 aliphatic rings. The van der Waals surface area contributed by atoms with Crippen LogP contribution < -0.4 is 4.90 Å². The van der Waals surface area contributed by atoms with Crippen LogP contribution in [0.15, 0.2) is 23.1 Å². The quantitative estimate of drug-likeness (QED) is 0.727. The van der Waals surface area contributed by atoms with Gasteiger partial charge in [0, 0.05) is 45.5 Å². The number of nitriles is 1.